The molecule has 3 nitrogen and oxygen atoms in total. The first kappa shape index (κ1) is 13.8. The van der Waals surface area contributed by atoms with Crippen LogP contribution in [0.3, 0.4) is 0 Å². The van der Waals surface area contributed by atoms with Crippen LogP contribution >= 0.6 is 11.6 Å². The molecule has 3 rings (SSSR count). The van der Waals surface area contributed by atoms with E-state index < -0.39 is 0 Å². The van der Waals surface area contributed by atoms with Gasteiger partial charge in [0.15, 0.2) is 0 Å². The molecule has 0 saturated heterocycles. The van der Waals surface area contributed by atoms with Gasteiger partial charge in [-0.2, -0.15) is 5.26 Å². The molecule has 0 spiro atoms. The monoisotopic (exact) mass is 298 g/mol. The highest BCUT2D eigenvalue weighted by molar-refractivity contribution is 6.30. The van der Waals surface area contributed by atoms with Crippen molar-refractivity contribution in [1.29, 1.82) is 5.26 Å². The van der Waals surface area contributed by atoms with Gasteiger partial charge >= 0.3 is 0 Å². The number of nitrogens with one attached hydrogen (secondary N) is 1. The predicted octanol–water partition coefficient (Wildman–Crippen LogP) is 4.32. The van der Waals surface area contributed by atoms with Crippen LogP contribution in [0.25, 0.3) is 0 Å². The molecule has 1 aliphatic rings. The smallest absolute Gasteiger partial charge is 0.143 e. The highest BCUT2D eigenvalue weighted by Gasteiger charge is 2.23. The third-order valence-electron chi connectivity index (χ3n) is 3.84. The van der Waals surface area contributed by atoms with Crippen molar-refractivity contribution in [3.05, 3.63) is 58.1 Å². The van der Waals surface area contributed by atoms with E-state index in [1.807, 2.05) is 18.2 Å². The van der Waals surface area contributed by atoms with E-state index in [2.05, 4.69) is 17.5 Å². The van der Waals surface area contributed by atoms with E-state index in [1.54, 1.807) is 19.2 Å². The topological polar surface area (TPSA) is 45.0 Å². The van der Waals surface area contributed by atoms with Crippen LogP contribution in [0, 0.1) is 11.3 Å². The Morgan fingerprint density at radius 2 is 2.14 bits per heavy atom. The van der Waals surface area contributed by atoms with E-state index in [1.165, 1.54) is 11.1 Å². The standard InChI is InChI=1S/C17H15ClN2O/c1-21-17-8-11(10-19)2-6-16(17)20-15-7-3-12-9-13(18)4-5-14(12)15/h2,4-6,8-9,15,20H,3,7H2,1H3. The van der Waals surface area contributed by atoms with Crippen LogP contribution in [-0.2, 0) is 6.42 Å². The number of ether oxygens (including phenoxy) is 1. The molecule has 2 aromatic carbocycles. The lowest BCUT2D eigenvalue weighted by Gasteiger charge is -2.18. The molecule has 4 heteroatoms. The number of hydrogen-bond donors (Lipinski definition) is 1. The number of fused-ring (bicyclic) bond motifs is 1. The normalized spacial score (nSPS) is 16.1. The minimum atomic E-state index is 0.249. The van der Waals surface area contributed by atoms with Crippen molar-refractivity contribution < 1.29 is 4.74 Å². The van der Waals surface area contributed by atoms with Crippen LogP contribution < -0.4 is 10.1 Å². The van der Waals surface area contributed by atoms with E-state index >= 15 is 0 Å². The van der Waals surface area contributed by atoms with Crippen molar-refractivity contribution in [2.45, 2.75) is 18.9 Å². The van der Waals surface area contributed by atoms with Crippen LogP contribution in [0.1, 0.15) is 29.2 Å². The van der Waals surface area contributed by atoms with Gasteiger partial charge in [-0.15, -0.1) is 0 Å². The minimum absolute atomic E-state index is 0.249. The molecule has 1 atom stereocenters. The second-order valence-corrected chi connectivity index (χ2v) is 5.54. The fourth-order valence-corrected chi connectivity index (χ4v) is 3.00. The molecule has 0 aliphatic heterocycles. The summed E-state index contributed by atoms with van der Waals surface area (Å²) in [6, 6.07) is 13.9. The molecule has 1 aliphatic carbocycles. The molecule has 2 aromatic rings. The first-order valence-electron chi connectivity index (χ1n) is 6.84. The third kappa shape index (κ3) is 2.68. The van der Waals surface area contributed by atoms with E-state index in [0.29, 0.717) is 11.3 Å². The Labute approximate surface area is 129 Å². The van der Waals surface area contributed by atoms with Crippen molar-refractivity contribution in [3.8, 4) is 11.8 Å². The van der Waals surface area contributed by atoms with Gasteiger partial charge in [-0.25, -0.2) is 0 Å². The minimum Gasteiger partial charge on any atom is -0.495 e. The number of nitriles is 1. The zero-order chi connectivity index (χ0) is 14.8. The number of benzene rings is 2. The number of rotatable bonds is 3. The zero-order valence-corrected chi connectivity index (χ0v) is 12.4. The van der Waals surface area contributed by atoms with Crippen LogP contribution in [0.5, 0.6) is 5.75 Å². The lowest BCUT2D eigenvalue weighted by atomic mass is 10.1. The Bertz CT molecular complexity index is 721. The van der Waals surface area contributed by atoms with E-state index in [0.717, 1.165) is 23.6 Å². The summed E-state index contributed by atoms with van der Waals surface area (Å²) < 4.78 is 5.37. The molecule has 0 bridgehead atoms. The predicted molar refractivity (Wildman–Crippen MR) is 83.8 cm³/mol. The van der Waals surface area contributed by atoms with Gasteiger partial charge in [-0.3, -0.25) is 0 Å². The maximum atomic E-state index is 8.95. The Kier molecular flexibility index (Phi) is 3.72. The van der Waals surface area contributed by atoms with Gasteiger partial charge in [0.05, 0.1) is 30.5 Å². The molecule has 0 fully saturated rings. The lowest BCUT2D eigenvalue weighted by Crippen LogP contribution is -2.08. The van der Waals surface area contributed by atoms with E-state index in [9.17, 15) is 0 Å². The van der Waals surface area contributed by atoms with Gasteiger partial charge < -0.3 is 10.1 Å². The van der Waals surface area contributed by atoms with Crippen molar-refractivity contribution in [1.82, 2.24) is 0 Å². The number of aryl methyl sites for hydroxylation is 1. The molecule has 106 valence electrons. The molecule has 21 heavy (non-hydrogen) atoms. The van der Waals surface area contributed by atoms with Crippen molar-refractivity contribution in [2.75, 3.05) is 12.4 Å². The van der Waals surface area contributed by atoms with Crippen molar-refractivity contribution >= 4 is 17.3 Å². The summed E-state index contributed by atoms with van der Waals surface area (Å²) in [5, 5.41) is 13.2. The maximum absolute atomic E-state index is 8.95. The number of hydrogen-bond acceptors (Lipinski definition) is 3. The quantitative estimate of drug-likeness (QED) is 0.918. The van der Waals surface area contributed by atoms with Gasteiger partial charge in [-0.1, -0.05) is 17.7 Å². The molecule has 0 amide bonds. The summed E-state index contributed by atoms with van der Waals surface area (Å²) in [6.07, 6.45) is 2.05. The van der Waals surface area contributed by atoms with Crippen LogP contribution in [0.2, 0.25) is 5.02 Å². The largest absolute Gasteiger partial charge is 0.495 e. The van der Waals surface area contributed by atoms with Gasteiger partial charge in [0.2, 0.25) is 0 Å². The van der Waals surface area contributed by atoms with E-state index in [4.69, 9.17) is 21.6 Å². The van der Waals surface area contributed by atoms with Crippen molar-refractivity contribution in [3.63, 3.8) is 0 Å². The maximum Gasteiger partial charge on any atom is 0.143 e. The lowest BCUT2D eigenvalue weighted by molar-refractivity contribution is 0.416. The second-order valence-electron chi connectivity index (χ2n) is 5.11. The summed E-state index contributed by atoms with van der Waals surface area (Å²) in [4.78, 5) is 0. The fourth-order valence-electron chi connectivity index (χ4n) is 2.80. The summed E-state index contributed by atoms with van der Waals surface area (Å²) in [5.74, 6) is 0.691. The average molecular weight is 299 g/mol. The number of nitrogens with zero attached hydrogens (tertiary/aromatic N) is 1. The SMILES string of the molecule is COc1cc(C#N)ccc1NC1CCc2cc(Cl)ccc21. The van der Waals surface area contributed by atoms with Crippen LogP contribution in [0.15, 0.2) is 36.4 Å². The number of anilines is 1. The Hall–Kier alpha value is -2.18. The summed E-state index contributed by atoms with van der Waals surface area (Å²) in [6.45, 7) is 0. The number of methoxy groups -OCH3 is 1. The first-order valence-corrected chi connectivity index (χ1v) is 7.22. The van der Waals surface area contributed by atoms with Crippen LogP contribution in [0.4, 0.5) is 5.69 Å². The van der Waals surface area contributed by atoms with Gasteiger partial charge in [0, 0.05) is 11.1 Å². The van der Waals surface area contributed by atoms with Gasteiger partial charge in [0.25, 0.3) is 0 Å². The fraction of sp³-hybridized carbons (Fsp3) is 0.235. The molecular weight excluding hydrogens is 284 g/mol. The average Bonchev–Trinajstić information content (AvgIpc) is 2.89. The highest BCUT2D eigenvalue weighted by Crippen LogP contribution is 2.37. The molecule has 0 radical (unpaired) electrons. The van der Waals surface area contributed by atoms with Crippen LogP contribution in [-0.4, -0.2) is 7.11 Å². The highest BCUT2D eigenvalue weighted by atomic mass is 35.5. The van der Waals surface area contributed by atoms with Crippen molar-refractivity contribution in [2.24, 2.45) is 0 Å². The van der Waals surface area contributed by atoms with E-state index in [-0.39, 0.29) is 6.04 Å². The molecular formula is C17H15ClN2O. The summed E-state index contributed by atoms with van der Waals surface area (Å²) >= 11 is 6.04. The molecule has 1 N–H and O–H groups in total. The first-order chi connectivity index (χ1) is 10.2. The molecule has 1 unspecified atom stereocenters. The molecule has 0 saturated carbocycles. The zero-order valence-electron chi connectivity index (χ0n) is 11.7. The van der Waals surface area contributed by atoms with Gasteiger partial charge in [-0.05, 0) is 48.2 Å². The summed E-state index contributed by atoms with van der Waals surface area (Å²) in [7, 11) is 1.62. The number of halogens is 1. The summed E-state index contributed by atoms with van der Waals surface area (Å²) in [5.41, 5.74) is 4.08. The Morgan fingerprint density at radius 1 is 1.29 bits per heavy atom. The molecule has 0 aromatic heterocycles. The third-order valence-corrected chi connectivity index (χ3v) is 4.08. The Morgan fingerprint density at radius 3 is 2.90 bits per heavy atom. The van der Waals surface area contributed by atoms with Gasteiger partial charge in [0.1, 0.15) is 5.75 Å². The Balaban J connectivity index is 1.88. The molecule has 0 heterocycles. The second kappa shape index (κ2) is 5.67.